The highest BCUT2D eigenvalue weighted by atomic mass is 19.2. The Kier molecular flexibility index (Phi) is 3.67. The van der Waals surface area contributed by atoms with Crippen molar-refractivity contribution in [1.82, 2.24) is 4.98 Å². The Labute approximate surface area is 167 Å². The minimum Gasteiger partial charge on any atom is -0.507 e. The average molecular weight is 402 g/mol. The van der Waals surface area contributed by atoms with Crippen molar-refractivity contribution in [1.29, 1.82) is 5.26 Å². The maximum atomic E-state index is 14.5. The second kappa shape index (κ2) is 6.16. The third kappa shape index (κ3) is 2.16. The molecule has 0 fully saturated rings. The van der Waals surface area contributed by atoms with Gasteiger partial charge in [-0.05, 0) is 23.8 Å². The summed E-state index contributed by atoms with van der Waals surface area (Å²) in [4.78, 5) is 17.5. The van der Waals surface area contributed by atoms with Crippen LogP contribution in [0.25, 0.3) is 22.4 Å². The molecular weight excluding hydrogens is 393 g/mol. The van der Waals surface area contributed by atoms with Crippen LogP contribution in [0.4, 0.5) is 13.2 Å². The van der Waals surface area contributed by atoms with Crippen LogP contribution in [0, 0.1) is 28.8 Å². The first-order valence-corrected chi connectivity index (χ1v) is 8.80. The van der Waals surface area contributed by atoms with E-state index in [2.05, 4.69) is 4.98 Å². The van der Waals surface area contributed by atoms with Gasteiger partial charge in [0.25, 0.3) is 0 Å². The maximum Gasteiger partial charge on any atom is 0.198 e. The number of pyridine rings is 1. The number of aromatic nitrogens is 1. The number of hydrogen-bond acceptors (Lipinski definition) is 4. The molecular formula is C23H9F3N2O2. The quantitative estimate of drug-likeness (QED) is 0.261. The highest BCUT2D eigenvalue weighted by molar-refractivity contribution is 6.32. The summed E-state index contributed by atoms with van der Waals surface area (Å²) in [5.41, 5.74) is 1.12. The van der Waals surface area contributed by atoms with Crippen molar-refractivity contribution in [2.24, 2.45) is 0 Å². The van der Waals surface area contributed by atoms with Gasteiger partial charge in [0.05, 0.1) is 22.9 Å². The number of fused-ring (bicyclic) bond motifs is 4. The monoisotopic (exact) mass is 402 g/mol. The van der Waals surface area contributed by atoms with Gasteiger partial charge in [-0.25, -0.2) is 13.2 Å². The molecule has 0 unspecified atom stereocenters. The summed E-state index contributed by atoms with van der Waals surface area (Å²) in [5.74, 6) is -5.75. The number of benzene rings is 2. The van der Waals surface area contributed by atoms with E-state index < -0.39 is 28.8 Å². The minimum absolute atomic E-state index is 0.0173. The lowest BCUT2D eigenvalue weighted by atomic mass is 9.93. The van der Waals surface area contributed by atoms with Crippen molar-refractivity contribution < 1.29 is 23.1 Å². The Bertz CT molecular complexity index is 1410. The lowest BCUT2D eigenvalue weighted by Gasteiger charge is -2.08. The number of Topliss-reactive ketones (excluding diaryl/α,β-unsaturated/α-hetero) is 1. The van der Waals surface area contributed by atoms with Gasteiger partial charge in [-0.15, -0.1) is 0 Å². The molecule has 0 amide bonds. The molecule has 144 valence electrons. The summed E-state index contributed by atoms with van der Waals surface area (Å²) in [6.45, 7) is 0. The number of carbonyl (C=O) groups is 1. The molecule has 1 aromatic heterocycles. The maximum absolute atomic E-state index is 14.5. The lowest BCUT2D eigenvalue weighted by Crippen LogP contribution is -2.04. The molecule has 0 atom stereocenters. The number of hydrogen-bond donors (Lipinski definition) is 1. The van der Waals surface area contributed by atoms with Gasteiger partial charge in [0, 0.05) is 40.1 Å². The Morgan fingerprint density at radius 3 is 2.50 bits per heavy atom. The highest BCUT2D eigenvalue weighted by Gasteiger charge is 2.40. The molecule has 3 aromatic rings. The zero-order valence-electron chi connectivity index (χ0n) is 15.0. The fourth-order valence-corrected chi connectivity index (χ4v) is 4.09. The second-order valence-corrected chi connectivity index (χ2v) is 6.77. The number of halogens is 3. The van der Waals surface area contributed by atoms with Gasteiger partial charge in [0.2, 0.25) is 0 Å². The van der Waals surface area contributed by atoms with Crippen LogP contribution in [0.3, 0.4) is 0 Å². The van der Waals surface area contributed by atoms with Gasteiger partial charge < -0.3 is 5.11 Å². The second-order valence-electron chi connectivity index (χ2n) is 6.77. The summed E-state index contributed by atoms with van der Waals surface area (Å²) < 4.78 is 42.3. The summed E-state index contributed by atoms with van der Waals surface area (Å²) in [5, 5.41) is 19.6. The van der Waals surface area contributed by atoms with E-state index in [4.69, 9.17) is 0 Å². The highest BCUT2D eigenvalue weighted by Crippen LogP contribution is 2.52. The third-order valence-electron chi connectivity index (χ3n) is 5.26. The number of aromatic hydroxyl groups is 1. The van der Waals surface area contributed by atoms with Crippen LogP contribution in [-0.2, 0) is 0 Å². The molecule has 2 aliphatic rings. The van der Waals surface area contributed by atoms with Crippen LogP contribution in [-0.4, -0.2) is 15.9 Å². The smallest absolute Gasteiger partial charge is 0.198 e. The van der Waals surface area contributed by atoms with Crippen LogP contribution in [0.5, 0.6) is 5.75 Å². The van der Waals surface area contributed by atoms with Crippen molar-refractivity contribution >= 4 is 16.9 Å². The standard InChI is InChI=1S/C23H9F3N2O2/c24-14-9-13-10(6-7-27)18(23(30)19(13)21(26)20(14)25)16-11-3-1-5-15(29)17(11)22-12(16)4-2-8-28-22/h1-6,8-9,29H/b10-6?,18-16-. The van der Waals surface area contributed by atoms with Gasteiger partial charge in [0.1, 0.15) is 5.75 Å². The zero-order valence-corrected chi connectivity index (χ0v) is 15.0. The predicted octanol–water partition coefficient (Wildman–Crippen LogP) is 4.79. The van der Waals surface area contributed by atoms with E-state index in [0.29, 0.717) is 34.0 Å². The number of nitriles is 1. The number of ketones is 1. The molecule has 30 heavy (non-hydrogen) atoms. The van der Waals surface area contributed by atoms with Crippen molar-refractivity contribution in [2.45, 2.75) is 0 Å². The van der Waals surface area contributed by atoms with E-state index >= 15 is 0 Å². The zero-order chi connectivity index (χ0) is 21.2. The first kappa shape index (κ1) is 17.9. The van der Waals surface area contributed by atoms with Crippen molar-refractivity contribution in [3.63, 3.8) is 0 Å². The predicted molar refractivity (Wildman–Crippen MR) is 102 cm³/mol. The van der Waals surface area contributed by atoms with Gasteiger partial charge in [-0.1, -0.05) is 18.2 Å². The molecule has 7 heteroatoms. The molecule has 1 N–H and O–H groups in total. The average Bonchev–Trinajstić information content (AvgIpc) is 3.19. The molecule has 2 aromatic carbocycles. The number of allylic oxidation sites excluding steroid dienone is 3. The van der Waals surface area contributed by atoms with Gasteiger partial charge >= 0.3 is 0 Å². The fourth-order valence-electron chi connectivity index (χ4n) is 4.09. The van der Waals surface area contributed by atoms with E-state index in [1.807, 2.05) is 0 Å². The topological polar surface area (TPSA) is 74.0 Å². The number of rotatable bonds is 0. The van der Waals surface area contributed by atoms with Gasteiger partial charge in [0.15, 0.2) is 23.2 Å². The van der Waals surface area contributed by atoms with E-state index in [0.717, 1.165) is 6.08 Å². The molecule has 0 radical (unpaired) electrons. The molecule has 5 rings (SSSR count). The molecule has 0 spiro atoms. The van der Waals surface area contributed by atoms with Crippen molar-refractivity contribution in [2.75, 3.05) is 0 Å². The first-order chi connectivity index (χ1) is 14.5. The van der Waals surface area contributed by atoms with Crippen LogP contribution in [0.15, 0.2) is 54.2 Å². The van der Waals surface area contributed by atoms with Gasteiger partial charge in [-0.2, -0.15) is 5.26 Å². The summed E-state index contributed by atoms with van der Waals surface area (Å²) in [6.07, 6.45) is 2.52. The Morgan fingerprint density at radius 1 is 0.967 bits per heavy atom. The van der Waals surface area contributed by atoms with Gasteiger partial charge in [-0.3, -0.25) is 9.78 Å². The van der Waals surface area contributed by atoms with Crippen LogP contribution in [0.2, 0.25) is 0 Å². The molecule has 1 heterocycles. The third-order valence-corrected chi connectivity index (χ3v) is 5.26. The van der Waals surface area contributed by atoms with E-state index in [1.165, 1.54) is 12.3 Å². The Balaban J connectivity index is 1.95. The summed E-state index contributed by atoms with van der Waals surface area (Å²) in [6, 6.07) is 10.5. The summed E-state index contributed by atoms with van der Waals surface area (Å²) in [7, 11) is 0. The number of phenols is 1. The molecule has 0 bridgehead atoms. The number of nitrogens with zero attached hydrogens (tertiary/aromatic N) is 2. The van der Waals surface area contributed by atoms with Crippen LogP contribution in [0.1, 0.15) is 27.0 Å². The first-order valence-electron chi connectivity index (χ1n) is 8.80. The van der Waals surface area contributed by atoms with Crippen LogP contribution < -0.4 is 0 Å². The minimum atomic E-state index is -1.75. The summed E-state index contributed by atoms with van der Waals surface area (Å²) >= 11 is 0. The molecule has 0 saturated heterocycles. The Morgan fingerprint density at radius 2 is 1.73 bits per heavy atom. The number of phenolic OH excluding ortho intramolecular Hbond substituents is 1. The molecule has 2 aliphatic carbocycles. The van der Waals surface area contributed by atoms with E-state index in [1.54, 1.807) is 30.3 Å². The van der Waals surface area contributed by atoms with Crippen molar-refractivity contribution in [3.05, 3.63) is 93.9 Å². The molecule has 0 saturated carbocycles. The fraction of sp³-hybridized carbons (Fsp3) is 0. The largest absolute Gasteiger partial charge is 0.507 e. The van der Waals surface area contributed by atoms with Crippen molar-refractivity contribution in [3.8, 4) is 23.1 Å². The normalized spacial score (nSPS) is 17.7. The lowest BCUT2D eigenvalue weighted by molar-refractivity contribution is 0.103. The Hall–Kier alpha value is -4.18. The number of carbonyl (C=O) groups excluding carboxylic acids is 1. The molecule has 0 aliphatic heterocycles. The van der Waals surface area contributed by atoms with E-state index in [9.17, 15) is 28.3 Å². The molecule has 4 nitrogen and oxygen atoms in total. The van der Waals surface area contributed by atoms with E-state index in [-0.39, 0.29) is 22.5 Å². The van der Waals surface area contributed by atoms with Crippen LogP contribution >= 0.6 is 0 Å². The SMILES string of the molecule is N#CC=C1/C(=C2/c3cccnc3-c3c(O)cccc32)C(=O)c2c1cc(F)c(F)c2F.